The van der Waals surface area contributed by atoms with Gasteiger partial charge in [0.15, 0.2) is 11.2 Å². The highest BCUT2D eigenvalue weighted by atomic mass is 16.4. The lowest BCUT2D eigenvalue weighted by Gasteiger charge is -2.08. The standard InChI is InChI=1S/C58H34O2/c1-3-7-39-27-41(15-9-35(39)5-1)43-17-11-37-13-19-45(31-49(37)29-43)47-21-25-55-53(33-47)51-23-24-52-54-34-48(22-26-56(54)60-58(52)57(51)59-55)46-20-14-38-12-18-44(30-50(38)32-46)42-16-10-36-6-2-4-8-40(36)28-42/h1-34H. The molecule has 0 N–H and O–H groups in total. The van der Waals surface area contributed by atoms with Crippen LogP contribution in [0.3, 0.4) is 0 Å². The Morgan fingerprint density at radius 1 is 0.200 bits per heavy atom. The van der Waals surface area contributed by atoms with E-state index in [0.29, 0.717) is 0 Å². The highest BCUT2D eigenvalue weighted by Crippen LogP contribution is 2.42. The van der Waals surface area contributed by atoms with Crippen LogP contribution in [0, 0.1) is 0 Å². The summed E-state index contributed by atoms with van der Waals surface area (Å²) >= 11 is 0. The van der Waals surface area contributed by atoms with E-state index in [1.165, 1.54) is 76.5 Å². The van der Waals surface area contributed by atoms with Crippen LogP contribution >= 0.6 is 0 Å². The molecule has 0 atom stereocenters. The van der Waals surface area contributed by atoms with E-state index in [1.807, 2.05) is 0 Å². The van der Waals surface area contributed by atoms with Crippen molar-refractivity contribution in [3.05, 3.63) is 206 Å². The first-order valence-electron chi connectivity index (χ1n) is 20.5. The molecule has 0 saturated carbocycles. The van der Waals surface area contributed by atoms with E-state index in [-0.39, 0.29) is 0 Å². The molecule has 278 valence electrons. The van der Waals surface area contributed by atoms with Crippen molar-refractivity contribution in [3.8, 4) is 44.5 Å². The number of hydrogen-bond acceptors (Lipinski definition) is 2. The van der Waals surface area contributed by atoms with Crippen LogP contribution in [0.2, 0.25) is 0 Å². The largest absolute Gasteiger partial charge is 0.452 e. The van der Waals surface area contributed by atoms with E-state index in [0.717, 1.165) is 55.0 Å². The lowest BCUT2D eigenvalue weighted by atomic mass is 9.95. The van der Waals surface area contributed by atoms with E-state index >= 15 is 0 Å². The highest BCUT2D eigenvalue weighted by molar-refractivity contribution is 6.19. The summed E-state index contributed by atoms with van der Waals surface area (Å²) in [5.41, 5.74) is 12.8. The van der Waals surface area contributed by atoms with E-state index in [9.17, 15) is 0 Å². The molecule has 0 aliphatic carbocycles. The predicted octanol–water partition coefficient (Wildman–Crippen LogP) is 16.8. The monoisotopic (exact) mass is 762 g/mol. The Morgan fingerprint density at radius 2 is 0.483 bits per heavy atom. The van der Waals surface area contributed by atoms with Crippen LogP contribution in [-0.4, -0.2) is 0 Å². The van der Waals surface area contributed by atoms with E-state index in [2.05, 4.69) is 206 Å². The molecule has 0 saturated heterocycles. The quantitative estimate of drug-likeness (QED) is 0.178. The SMILES string of the molecule is c1ccc2cc(-c3ccc4ccc(-c5ccc6oc7c(ccc8c9cc(-c%10ccc%11ccc(-c%12ccc%13ccccc%13c%12)cc%11c%10)ccc9oc87)c6c5)cc4c3)ccc2c1. The summed E-state index contributed by atoms with van der Waals surface area (Å²) in [5, 5.41) is 14.2. The van der Waals surface area contributed by atoms with Crippen molar-refractivity contribution in [2.45, 2.75) is 0 Å². The summed E-state index contributed by atoms with van der Waals surface area (Å²) in [7, 11) is 0. The average molecular weight is 763 g/mol. The molecule has 0 amide bonds. The van der Waals surface area contributed by atoms with Crippen LogP contribution in [0.5, 0.6) is 0 Å². The third kappa shape index (κ3) is 5.28. The average Bonchev–Trinajstić information content (AvgIpc) is 3.88. The topological polar surface area (TPSA) is 26.3 Å². The number of furan rings is 2. The molecule has 2 heterocycles. The Bertz CT molecular complexity index is 3640. The first-order valence-corrected chi connectivity index (χ1v) is 20.5. The van der Waals surface area contributed by atoms with Crippen molar-refractivity contribution in [2.75, 3.05) is 0 Å². The summed E-state index contributed by atoms with van der Waals surface area (Å²) < 4.78 is 13.2. The third-order valence-corrected chi connectivity index (χ3v) is 12.6. The molecule has 11 aromatic carbocycles. The van der Waals surface area contributed by atoms with Gasteiger partial charge in [0.2, 0.25) is 0 Å². The van der Waals surface area contributed by atoms with Gasteiger partial charge < -0.3 is 8.83 Å². The predicted molar refractivity (Wildman–Crippen MR) is 253 cm³/mol. The fraction of sp³-hybridized carbons (Fsp3) is 0. The van der Waals surface area contributed by atoms with Gasteiger partial charge in [-0.1, -0.05) is 133 Å². The Kier molecular flexibility index (Phi) is 7.05. The minimum Gasteiger partial charge on any atom is -0.452 e. The zero-order valence-electron chi connectivity index (χ0n) is 32.4. The zero-order chi connectivity index (χ0) is 39.3. The van der Waals surface area contributed by atoms with E-state index < -0.39 is 0 Å². The zero-order valence-corrected chi connectivity index (χ0v) is 32.4. The Labute approximate surface area is 345 Å². The summed E-state index contributed by atoms with van der Waals surface area (Å²) in [6.07, 6.45) is 0. The van der Waals surface area contributed by atoms with Gasteiger partial charge in [0.05, 0.1) is 0 Å². The number of hydrogen-bond donors (Lipinski definition) is 0. The molecule has 0 bridgehead atoms. The van der Waals surface area contributed by atoms with Crippen LogP contribution in [0.25, 0.3) is 131 Å². The van der Waals surface area contributed by atoms with Crippen LogP contribution in [0.4, 0.5) is 0 Å². The molecule has 13 rings (SSSR count). The van der Waals surface area contributed by atoms with Gasteiger partial charge in [0, 0.05) is 21.5 Å². The van der Waals surface area contributed by atoms with Gasteiger partial charge in [-0.15, -0.1) is 0 Å². The summed E-state index contributed by atoms with van der Waals surface area (Å²) in [4.78, 5) is 0. The highest BCUT2D eigenvalue weighted by Gasteiger charge is 2.18. The molecular weight excluding hydrogens is 729 g/mol. The molecule has 13 aromatic rings. The van der Waals surface area contributed by atoms with Crippen LogP contribution < -0.4 is 0 Å². The summed E-state index contributed by atoms with van der Waals surface area (Å²) in [6.45, 7) is 0. The maximum absolute atomic E-state index is 6.59. The number of benzene rings is 11. The maximum atomic E-state index is 6.59. The van der Waals surface area contributed by atoms with Gasteiger partial charge in [0.25, 0.3) is 0 Å². The lowest BCUT2D eigenvalue weighted by Crippen LogP contribution is -1.83. The molecular formula is C58H34O2. The summed E-state index contributed by atoms with van der Waals surface area (Å²) in [5.74, 6) is 0. The van der Waals surface area contributed by atoms with E-state index in [4.69, 9.17) is 8.83 Å². The number of rotatable bonds is 4. The van der Waals surface area contributed by atoms with Gasteiger partial charge in [0.1, 0.15) is 11.2 Å². The van der Waals surface area contributed by atoms with Crippen LogP contribution in [-0.2, 0) is 0 Å². The molecule has 0 aliphatic heterocycles. The molecule has 2 heteroatoms. The van der Waals surface area contributed by atoms with Gasteiger partial charge >= 0.3 is 0 Å². The first kappa shape index (κ1) is 33.1. The van der Waals surface area contributed by atoms with Crippen molar-refractivity contribution >= 4 is 87.0 Å². The lowest BCUT2D eigenvalue weighted by molar-refractivity contribution is 0.633. The van der Waals surface area contributed by atoms with Crippen molar-refractivity contribution in [2.24, 2.45) is 0 Å². The van der Waals surface area contributed by atoms with Crippen LogP contribution in [0.1, 0.15) is 0 Å². The maximum Gasteiger partial charge on any atom is 0.178 e. The number of fused-ring (bicyclic) bond motifs is 11. The molecule has 0 unspecified atom stereocenters. The smallest absolute Gasteiger partial charge is 0.178 e. The molecule has 0 spiro atoms. The molecule has 0 aliphatic rings. The Balaban J connectivity index is 0.855. The fourth-order valence-corrected chi connectivity index (χ4v) is 9.38. The second kappa shape index (κ2) is 12.8. The summed E-state index contributed by atoms with van der Waals surface area (Å²) in [6, 6.07) is 74.9. The normalized spacial score (nSPS) is 12.0. The molecule has 60 heavy (non-hydrogen) atoms. The first-order chi connectivity index (χ1) is 29.6. The minimum absolute atomic E-state index is 0.780. The Morgan fingerprint density at radius 3 is 0.850 bits per heavy atom. The molecule has 2 nitrogen and oxygen atoms in total. The van der Waals surface area contributed by atoms with Gasteiger partial charge in [-0.2, -0.15) is 0 Å². The van der Waals surface area contributed by atoms with Gasteiger partial charge in [-0.3, -0.25) is 0 Å². The van der Waals surface area contributed by atoms with Gasteiger partial charge in [-0.25, -0.2) is 0 Å². The third-order valence-electron chi connectivity index (χ3n) is 12.6. The van der Waals surface area contributed by atoms with Gasteiger partial charge in [-0.05, 0) is 160 Å². The molecule has 0 fully saturated rings. The van der Waals surface area contributed by atoms with Crippen LogP contribution in [0.15, 0.2) is 215 Å². The fourth-order valence-electron chi connectivity index (χ4n) is 9.38. The Hall–Kier alpha value is -7.94. The molecule has 0 radical (unpaired) electrons. The minimum atomic E-state index is 0.780. The van der Waals surface area contributed by atoms with E-state index in [1.54, 1.807) is 0 Å². The molecule has 2 aromatic heterocycles. The van der Waals surface area contributed by atoms with Crippen molar-refractivity contribution in [1.29, 1.82) is 0 Å². The van der Waals surface area contributed by atoms with Crippen molar-refractivity contribution < 1.29 is 8.83 Å². The second-order valence-electron chi connectivity index (χ2n) is 16.1. The second-order valence-corrected chi connectivity index (χ2v) is 16.1. The van der Waals surface area contributed by atoms with Crippen molar-refractivity contribution in [3.63, 3.8) is 0 Å². The van der Waals surface area contributed by atoms with Crippen molar-refractivity contribution in [1.82, 2.24) is 0 Å².